The van der Waals surface area contributed by atoms with Crippen LogP contribution in [0.5, 0.6) is 0 Å². The molecular weight excluding hydrogens is 1960 g/mol. The molecule has 14 rings (SSSR count). The van der Waals surface area contributed by atoms with Crippen LogP contribution >= 0.6 is 11.6 Å². The summed E-state index contributed by atoms with van der Waals surface area (Å²) in [7, 11) is -1.55. The molecule has 5 aliphatic carbocycles. The summed E-state index contributed by atoms with van der Waals surface area (Å²) in [5, 5.41) is 18.1. The number of carbonyl (C=O) groups excluding carboxylic acids is 3. The van der Waals surface area contributed by atoms with Crippen molar-refractivity contribution in [1.82, 2.24) is 4.72 Å². The standard InChI is InChI=1S/C26H32ClN3O4S.2C17H27N3O.C17H29N3.C16H25N3O.4C4H10O2S/c1-16-13-20(28-15-17-5-8-19(9-6-17)29-35(33,34)26(2,3)4)10-12-23(16)30-24(31)21-11-7-18(27)14-22(21)25(30)32;2*18-15-3-1-14(2-4-15)13-19-16-5-7-17(8-6-16)20-9-11-21-12-10-20;1-3-20(4-2)17-11-9-16(10-12-17)19-13-14-5-7-15(18)8-6-14;1-12(20)19(2)16-9-7-15(8-10-16)18-11-13-3-5-14(17)6-4-13;4*1-4(2,3)7(5)6/h7,10-14,17,19,28-29H,5-6,8-9,15H2,1-4H3;2*5-8,14-15,19H,1-4,9-13,18H2;9-12,14-15,19H,3-8,13,18H2,1-2H3;7-10,13-14,18H,3-6,11,17H2,1-2H3;4*1-3H3,(H,5,6)/p-4. The Morgan fingerprint density at radius 3 is 0.972 bits per heavy atom. The molecule has 145 heavy (non-hydrogen) atoms. The molecule has 818 valence electrons. The van der Waals surface area contributed by atoms with Crippen molar-refractivity contribution in [2.45, 2.75) is 314 Å². The number of rotatable bonds is 24. The fraction of sp³-hybridized carbons (Fsp3) is 0.642. The summed E-state index contributed by atoms with van der Waals surface area (Å²) in [6.45, 7) is 47.2. The van der Waals surface area contributed by atoms with Crippen LogP contribution in [0.2, 0.25) is 5.02 Å². The van der Waals surface area contributed by atoms with Gasteiger partial charge in [-0.15, -0.1) is 0 Å². The zero-order valence-corrected chi connectivity index (χ0v) is 95.2. The number of aryl methyl sites for hydroxylation is 1. The normalized spacial score (nSPS) is 22.1. The average Bonchev–Trinajstić information content (AvgIpc) is 1.61. The summed E-state index contributed by atoms with van der Waals surface area (Å²) >= 11 is -1.72. The van der Waals surface area contributed by atoms with Crippen molar-refractivity contribution in [2.24, 2.45) is 52.5 Å². The number of morpholine rings is 2. The Kier molecular flexibility index (Phi) is 54.0. The first-order chi connectivity index (χ1) is 68.0. The van der Waals surface area contributed by atoms with Gasteiger partial charge in [0.1, 0.15) is 0 Å². The summed E-state index contributed by atoms with van der Waals surface area (Å²) in [5.41, 5.74) is 36.4. The van der Waals surface area contributed by atoms with Gasteiger partial charge in [0.25, 0.3) is 11.8 Å². The van der Waals surface area contributed by atoms with E-state index in [0.29, 0.717) is 51.9 Å². The van der Waals surface area contributed by atoms with Gasteiger partial charge in [0.15, 0.2) is 0 Å². The Hall–Kier alpha value is -7.27. The summed E-state index contributed by atoms with van der Waals surface area (Å²) < 4.78 is 116. The molecule has 8 aliphatic rings. The van der Waals surface area contributed by atoms with Crippen molar-refractivity contribution < 1.29 is 67.3 Å². The smallest absolute Gasteiger partial charge is 0.266 e. The van der Waals surface area contributed by atoms with Crippen molar-refractivity contribution in [3.8, 4) is 0 Å². The van der Waals surface area contributed by atoms with Crippen LogP contribution in [-0.2, 0) is 68.6 Å². The molecule has 3 heterocycles. The lowest BCUT2D eigenvalue weighted by Gasteiger charge is -2.31. The second-order valence-corrected chi connectivity index (χ2v) is 53.8. The molecule has 0 aromatic heterocycles. The second kappa shape index (κ2) is 61.9. The fourth-order valence-corrected chi connectivity index (χ4v) is 18.0. The number of nitrogens with two attached hydrogens (primary N) is 4. The Balaban J connectivity index is 0.000000263. The molecule has 0 spiro atoms. The van der Waals surface area contributed by atoms with Crippen LogP contribution in [0.3, 0.4) is 0 Å². The number of anilines is 10. The zero-order valence-electron chi connectivity index (χ0n) is 90.3. The number of imide groups is 1. The number of carbonyl (C=O) groups is 3. The van der Waals surface area contributed by atoms with Crippen molar-refractivity contribution >= 4 is 141 Å². The molecule has 6 aromatic carbocycles. The Morgan fingerprint density at radius 1 is 0.414 bits per heavy atom. The number of sulfonamides is 1. The van der Waals surface area contributed by atoms with Gasteiger partial charge in [-0.25, -0.2) is 18.0 Å². The number of nitrogens with one attached hydrogen (secondary N) is 6. The first-order valence-corrected chi connectivity index (χ1v) is 58.2. The van der Waals surface area contributed by atoms with Crippen molar-refractivity contribution in [2.75, 3.05) is 157 Å². The predicted octanol–water partition coefficient (Wildman–Crippen LogP) is 18.8. The van der Waals surface area contributed by atoms with E-state index in [2.05, 4.69) is 133 Å². The zero-order chi connectivity index (χ0) is 108. The van der Waals surface area contributed by atoms with Crippen LogP contribution in [0.15, 0.2) is 133 Å². The van der Waals surface area contributed by atoms with Crippen molar-refractivity contribution in [1.29, 1.82) is 0 Å². The molecule has 7 fully saturated rings. The maximum atomic E-state index is 12.9. The molecule has 0 radical (unpaired) electrons. The molecule has 14 N–H and O–H groups in total. The highest BCUT2D eigenvalue weighted by Gasteiger charge is 2.39. The maximum absolute atomic E-state index is 12.9. The van der Waals surface area contributed by atoms with E-state index >= 15 is 0 Å². The van der Waals surface area contributed by atoms with Crippen LogP contribution in [-0.4, -0.2) is 221 Å². The lowest BCUT2D eigenvalue weighted by molar-refractivity contribution is -0.116. The topological polar surface area (TPSA) is 457 Å². The minimum atomic E-state index is -3.34. The van der Waals surface area contributed by atoms with Gasteiger partial charge in [-0.1, -0.05) is 11.6 Å². The number of ether oxygens (including phenoxy) is 2. The molecule has 4 atom stereocenters. The van der Waals surface area contributed by atoms with Gasteiger partial charge in [0.2, 0.25) is 15.9 Å². The maximum Gasteiger partial charge on any atom is 0.266 e. The minimum Gasteiger partial charge on any atom is -0.772 e. The summed E-state index contributed by atoms with van der Waals surface area (Å²) in [6, 6.07) is 46.5. The first-order valence-electron chi connectivity index (χ1n) is 52.0. The van der Waals surface area contributed by atoms with Gasteiger partial charge in [-0.3, -0.25) is 31.2 Å². The molecular formula is C109H176ClN15O15S5-4. The molecule has 2 saturated heterocycles. The monoisotopic (exact) mass is 2130 g/mol. The quantitative estimate of drug-likeness (QED) is 0.0199. The van der Waals surface area contributed by atoms with Crippen LogP contribution in [0.4, 0.5) is 56.9 Å². The third-order valence-electron chi connectivity index (χ3n) is 27.0. The SMILES string of the molecule is CC(=O)N(C)c1ccc(NCC2CCC(N)CC2)cc1.CC(C)(C)S(=O)[O-].CC(C)(C)S(=O)[O-].CC(C)(C)S(=O)[O-].CC(C)(C)S(=O)[O-].CCN(CC)c1ccc(NCC2CCC(N)CC2)cc1.Cc1cc(NCC2CCC(NS(=O)(=O)C(C)(C)C)CC2)ccc1N1C(=O)c2ccc(Cl)cc2C1=O.NC1CCC(CNc2ccc(N3CCOCC3)cc2)CC1.NC1CCC(CNc2ccc(N3CCOCC3)cc2)CC1. The Bertz CT molecular complexity index is 4830. The number of amides is 3. The highest BCUT2D eigenvalue weighted by molar-refractivity contribution is 7.90. The molecule has 3 aliphatic heterocycles. The number of benzene rings is 6. The van der Waals surface area contributed by atoms with E-state index in [-0.39, 0.29) is 23.8 Å². The van der Waals surface area contributed by atoms with Crippen molar-refractivity contribution in [3.05, 3.63) is 155 Å². The Morgan fingerprint density at radius 2 is 0.690 bits per heavy atom. The largest absolute Gasteiger partial charge is 0.772 e. The summed E-state index contributed by atoms with van der Waals surface area (Å²) in [5.74, 6) is 2.87. The van der Waals surface area contributed by atoms with Gasteiger partial charge < -0.3 is 96.8 Å². The molecule has 6 aromatic rings. The lowest BCUT2D eigenvalue weighted by Crippen LogP contribution is -2.46. The molecule has 3 amide bonds. The fourth-order valence-electron chi connectivity index (χ4n) is 16.8. The average molecular weight is 2130 g/mol. The van der Waals surface area contributed by atoms with Gasteiger partial charge >= 0.3 is 0 Å². The van der Waals surface area contributed by atoms with E-state index in [1.165, 1.54) is 135 Å². The van der Waals surface area contributed by atoms with Gasteiger partial charge in [-0.2, -0.15) is 0 Å². The van der Waals surface area contributed by atoms with Gasteiger partial charge in [-0.05, 0) is 466 Å². The van der Waals surface area contributed by atoms with Crippen LogP contribution in [0, 0.1) is 36.5 Å². The van der Waals surface area contributed by atoms with Crippen LogP contribution in [0.25, 0.3) is 0 Å². The van der Waals surface area contributed by atoms with E-state index in [1.54, 1.807) is 141 Å². The molecule has 30 nitrogen and oxygen atoms in total. The van der Waals surface area contributed by atoms with E-state index in [4.69, 9.17) is 44.0 Å². The second-order valence-electron chi connectivity index (χ2n) is 44.1. The van der Waals surface area contributed by atoms with E-state index in [9.17, 15) is 57.8 Å². The highest BCUT2D eigenvalue weighted by atomic mass is 35.5. The number of nitrogens with zero attached hydrogens (tertiary/aromatic N) is 5. The minimum absolute atomic E-state index is 0.00783. The van der Waals surface area contributed by atoms with Gasteiger partial charge in [0, 0.05) is 191 Å². The van der Waals surface area contributed by atoms with E-state index < -0.39 is 78.1 Å². The number of halogens is 1. The molecule has 5 saturated carbocycles. The number of fused-ring (bicyclic) bond motifs is 1. The number of hydrogen-bond donors (Lipinski definition) is 10. The van der Waals surface area contributed by atoms with Crippen LogP contribution in [0.1, 0.15) is 279 Å². The highest BCUT2D eigenvalue weighted by Crippen LogP contribution is 2.37. The summed E-state index contributed by atoms with van der Waals surface area (Å²) in [4.78, 5) is 47.0. The lowest BCUT2D eigenvalue weighted by atomic mass is 9.86. The molecule has 36 heteroatoms. The van der Waals surface area contributed by atoms with E-state index in [1.807, 2.05) is 43.3 Å². The molecule has 0 bridgehead atoms. The van der Waals surface area contributed by atoms with Gasteiger partial charge in [0.05, 0.1) is 48.0 Å². The first kappa shape index (κ1) is 126. The van der Waals surface area contributed by atoms with E-state index in [0.717, 1.165) is 183 Å². The third-order valence-corrected chi connectivity index (χ3v) is 33.5. The van der Waals surface area contributed by atoms with Crippen LogP contribution < -0.4 is 78.7 Å². The van der Waals surface area contributed by atoms with Crippen molar-refractivity contribution in [3.63, 3.8) is 0 Å². The number of hydrogen-bond acceptors (Lipinski definition) is 27. The molecule has 4 unspecified atom stereocenters. The summed E-state index contributed by atoms with van der Waals surface area (Å²) in [6.07, 6.45) is 23.0. The predicted molar refractivity (Wildman–Crippen MR) is 603 cm³/mol. The Labute approximate surface area is 884 Å². The third kappa shape index (κ3) is 46.2.